The summed E-state index contributed by atoms with van der Waals surface area (Å²) in [5.41, 5.74) is 6.90. The van der Waals surface area contributed by atoms with Crippen LogP contribution >= 0.6 is 12.4 Å². The van der Waals surface area contributed by atoms with Crippen LogP contribution in [0.5, 0.6) is 0 Å². The topological polar surface area (TPSA) is 26.0 Å². The van der Waals surface area contributed by atoms with Crippen molar-refractivity contribution in [1.82, 2.24) is 0 Å². The second-order valence-electron chi connectivity index (χ2n) is 10.5. The lowest BCUT2D eigenvalue weighted by molar-refractivity contribution is 0.238. The molecule has 0 heterocycles. The van der Waals surface area contributed by atoms with Gasteiger partial charge in [-0.1, -0.05) is 156 Å². The van der Waals surface area contributed by atoms with E-state index in [0.717, 1.165) is 0 Å². The van der Waals surface area contributed by atoms with Crippen LogP contribution in [0.2, 0.25) is 0 Å². The predicted molar refractivity (Wildman–Crippen MR) is 142 cm³/mol. The molecule has 0 saturated heterocycles. The van der Waals surface area contributed by atoms with Crippen molar-refractivity contribution in [2.45, 2.75) is 175 Å². The first-order valence-corrected chi connectivity index (χ1v) is 13.8. The van der Waals surface area contributed by atoms with Crippen molar-refractivity contribution < 1.29 is 0 Å². The van der Waals surface area contributed by atoms with E-state index in [-0.39, 0.29) is 12.4 Å². The zero-order valence-corrected chi connectivity index (χ0v) is 22.4. The Hall–Kier alpha value is 0.250. The highest BCUT2D eigenvalue weighted by Gasteiger charge is 2.25. The minimum atomic E-state index is 0. The molecule has 1 atom stereocenters. The molecule has 0 amide bonds. The Kier molecular flexibility index (Phi) is 25.8. The van der Waals surface area contributed by atoms with Crippen LogP contribution in [0.1, 0.15) is 169 Å². The van der Waals surface area contributed by atoms with E-state index in [1.165, 1.54) is 141 Å². The summed E-state index contributed by atoms with van der Waals surface area (Å²) >= 11 is 0. The molecule has 0 aromatic rings. The van der Waals surface area contributed by atoms with Crippen molar-refractivity contribution in [1.29, 1.82) is 0 Å². The minimum absolute atomic E-state index is 0. The van der Waals surface area contributed by atoms with Gasteiger partial charge in [-0.15, -0.1) is 12.4 Å². The Bertz CT molecular complexity index is 316. The van der Waals surface area contributed by atoms with Gasteiger partial charge in [0.05, 0.1) is 0 Å². The molecule has 0 aliphatic carbocycles. The highest BCUT2D eigenvalue weighted by atomic mass is 35.5. The standard InChI is InChI=1S/C28H59N.ClH/c1-5-7-9-11-13-15-16-17-19-21-23-25-27(29)28(3,4)26-24-22-20-18-14-12-10-8-6-2;/h27H,5-26,29H2,1-4H3;1H. The summed E-state index contributed by atoms with van der Waals surface area (Å²) in [7, 11) is 0. The quantitative estimate of drug-likeness (QED) is 0.155. The van der Waals surface area contributed by atoms with Crippen LogP contribution in [0, 0.1) is 5.41 Å². The van der Waals surface area contributed by atoms with Gasteiger partial charge in [0.2, 0.25) is 0 Å². The van der Waals surface area contributed by atoms with E-state index >= 15 is 0 Å². The molecule has 0 aromatic heterocycles. The molecule has 184 valence electrons. The molecule has 2 N–H and O–H groups in total. The van der Waals surface area contributed by atoms with Gasteiger partial charge in [0.25, 0.3) is 0 Å². The van der Waals surface area contributed by atoms with Crippen molar-refractivity contribution >= 4 is 12.4 Å². The van der Waals surface area contributed by atoms with E-state index in [1.54, 1.807) is 0 Å². The third-order valence-electron chi connectivity index (χ3n) is 7.05. The maximum Gasteiger partial charge on any atom is 0.00902 e. The van der Waals surface area contributed by atoms with Crippen molar-refractivity contribution in [2.24, 2.45) is 11.1 Å². The van der Waals surface area contributed by atoms with E-state index in [0.29, 0.717) is 11.5 Å². The average Bonchev–Trinajstić information content (AvgIpc) is 2.70. The third kappa shape index (κ3) is 21.5. The number of rotatable bonds is 23. The molecule has 0 aliphatic rings. The van der Waals surface area contributed by atoms with Gasteiger partial charge in [-0.2, -0.15) is 0 Å². The predicted octanol–water partition coefficient (Wildman–Crippen LogP) is 10.4. The monoisotopic (exact) mass is 445 g/mol. The van der Waals surface area contributed by atoms with E-state index < -0.39 is 0 Å². The molecule has 0 radical (unpaired) electrons. The van der Waals surface area contributed by atoms with Crippen LogP contribution in [0.25, 0.3) is 0 Å². The zero-order chi connectivity index (χ0) is 21.6. The Labute approximate surface area is 198 Å². The highest BCUT2D eigenvalue weighted by molar-refractivity contribution is 5.85. The first kappa shape index (κ1) is 32.4. The molecular weight excluding hydrogens is 386 g/mol. The maximum absolute atomic E-state index is 6.58. The van der Waals surface area contributed by atoms with Crippen molar-refractivity contribution in [3.8, 4) is 0 Å². The number of hydrogen-bond acceptors (Lipinski definition) is 1. The van der Waals surface area contributed by atoms with Gasteiger partial charge in [-0.3, -0.25) is 0 Å². The third-order valence-corrected chi connectivity index (χ3v) is 7.05. The summed E-state index contributed by atoms with van der Waals surface area (Å²) in [6, 6.07) is 0.384. The summed E-state index contributed by atoms with van der Waals surface area (Å²) in [6.07, 6.45) is 30.9. The van der Waals surface area contributed by atoms with Crippen LogP contribution in [0.15, 0.2) is 0 Å². The number of hydrogen-bond donors (Lipinski definition) is 1. The molecule has 2 heteroatoms. The Morgan fingerprint density at radius 1 is 0.500 bits per heavy atom. The van der Waals surface area contributed by atoms with Gasteiger partial charge >= 0.3 is 0 Å². The molecule has 0 aromatic carbocycles. The summed E-state index contributed by atoms with van der Waals surface area (Å²) in [6.45, 7) is 9.40. The second-order valence-corrected chi connectivity index (χ2v) is 10.5. The van der Waals surface area contributed by atoms with Gasteiger partial charge in [-0.25, -0.2) is 0 Å². The fourth-order valence-corrected chi connectivity index (χ4v) is 4.50. The molecule has 0 rings (SSSR count). The van der Waals surface area contributed by atoms with Gasteiger partial charge < -0.3 is 5.73 Å². The number of nitrogens with two attached hydrogens (primary N) is 1. The van der Waals surface area contributed by atoms with Crippen LogP contribution < -0.4 is 5.73 Å². The summed E-state index contributed by atoms with van der Waals surface area (Å²) < 4.78 is 0. The van der Waals surface area contributed by atoms with Gasteiger partial charge in [0.1, 0.15) is 0 Å². The Balaban J connectivity index is 0. The SMILES string of the molecule is CCCCCCCCCCCCCC(N)C(C)(C)CCCCCCCCCCC.Cl. The van der Waals surface area contributed by atoms with Gasteiger partial charge in [0, 0.05) is 6.04 Å². The van der Waals surface area contributed by atoms with E-state index in [9.17, 15) is 0 Å². The van der Waals surface area contributed by atoms with Gasteiger partial charge in [-0.05, 0) is 18.3 Å². The molecule has 0 spiro atoms. The molecule has 0 fully saturated rings. The number of unbranched alkanes of at least 4 members (excludes halogenated alkanes) is 18. The smallest absolute Gasteiger partial charge is 0.00902 e. The van der Waals surface area contributed by atoms with Crippen LogP contribution in [-0.2, 0) is 0 Å². The summed E-state index contributed by atoms with van der Waals surface area (Å²) in [5.74, 6) is 0. The lowest BCUT2D eigenvalue weighted by Crippen LogP contribution is -2.37. The second kappa shape index (κ2) is 23.9. The van der Waals surface area contributed by atoms with Crippen LogP contribution in [0.4, 0.5) is 0 Å². The van der Waals surface area contributed by atoms with E-state index in [2.05, 4.69) is 27.7 Å². The first-order chi connectivity index (χ1) is 14.0. The first-order valence-electron chi connectivity index (χ1n) is 13.8. The number of halogens is 1. The molecule has 1 nitrogen and oxygen atoms in total. The summed E-state index contributed by atoms with van der Waals surface area (Å²) in [4.78, 5) is 0. The molecule has 30 heavy (non-hydrogen) atoms. The summed E-state index contributed by atoms with van der Waals surface area (Å²) in [5, 5.41) is 0. The molecule has 0 aliphatic heterocycles. The average molecular weight is 446 g/mol. The van der Waals surface area contributed by atoms with E-state index in [4.69, 9.17) is 5.73 Å². The van der Waals surface area contributed by atoms with Crippen LogP contribution in [-0.4, -0.2) is 6.04 Å². The van der Waals surface area contributed by atoms with Gasteiger partial charge in [0.15, 0.2) is 0 Å². The lowest BCUT2D eigenvalue weighted by atomic mass is 9.78. The van der Waals surface area contributed by atoms with Crippen molar-refractivity contribution in [3.63, 3.8) is 0 Å². The lowest BCUT2D eigenvalue weighted by Gasteiger charge is -2.32. The molecule has 0 bridgehead atoms. The highest BCUT2D eigenvalue weighted by Crippen LogP contribution is 2.30. The van der Waals surface area contributed by atoms with E-state index in [1.807, 2.05) is 0 Å². The maximum atomic E-state index is 6.58. The molecular formula is C28H60ClN. The zero-order valence-electron chi connectivity index (χ0n) is 21.6. The molecule has 0 saturated carbocycles. The normalized spacial score (nSPS) is 12.7. The fourth-order valence-electron chi connectivity index (χ4n) is 4.50. The fraction of sp³-hybridized carbons (Fsp3) is 1.00. The largest absolute Gasteiger partial charge is 0.327 e. The molecule has 1 unspecified atom stereocenters. The Morgan fingerprint density at radius 2 is 0.800 bits per heavy atom. The Morgan fingerprint density at radius 3 is 1.17 bits per heavy atom. The van der Waals surface area contributed by atoms with Crippen molar-refractivity contribution in [3.05, 3.63) is 0 Å². The minimum Gasteiger partial charge on any atom is -0.327 e. The van der Waals surface area contributed by atoms with Crippen molar-refractivity contribution in [2.75, 3.05) is 0 Å². The van der Waals surface area contributed by atoms with Crippen LogP contribution in [0.3, 0.4) is 0 Å².